The lowest BCUT2D eigenvalue weighted by Gasteiger charge is -2.19. The average molecular weight is 369 g/mol. The average Bonchev–Trinajstić information content (AvgIpc) is 2.57. The third kappa shape index (κ3) is 5.01. The second-order valence-corrected chi connectivity index (χ2v) is 7.24. The minimum atomic E-state index is -0.557. The summed E-state index contributed by atoms with van der Waals surface area (Å²) in [6.07, 6.45) is 1.37. The molecule has 5 nitrogen and oxygen atoms in total. The molecule has 2 aromatic rings. The summed E-state index contributed by atoms with van der Waals surface area (Å²) in [6.45, 7) is 6.40. The standard InChI is InChI=1S/C20H21ClN4O/c1-20(2,3)14-4-7-16(8-5-14)24-12-13(11-22)19(26)25-18-9-6-15(23)10-17(18)21/h4-10,12,24H,23H2,1-3H3,(H,25,26)/b13-12-. The number of nitrogens with zero attached hydrogens (tertiary/aromatic N) is 1. The van der Waals surface area contributed by atoms with E-state index in [0.717, 1.165) is 5.69 Å². The Bertz CT molecular complexity index is 874. The first-order chi connectivity index (χ1) is 12.2. The molecular formula is C20H21ClN4O. The Morgan fingerprint density at radius 2 is 1.85 bits per heavy atom. The molecule has 0 radical (unpaired) electrons. The Labute approximate surface area is 158 Å². The zero-order valence-corrected chi connectivity index (χ0v) is 15.7. The van der Waals surface area contributed by atoms with Gasteiger partial charge in [-0.15, -0.1) is 0 Å². The number of benzene rings is 2. The maximum absolute atomic E-state index is 12.3. The molecule has 0 bridgehead atoms. The maximum Gasteiger partial charge on any atom is 0.267 e. The van der Waals surface area contributed by atoms with E-state index < -0.39 is 5.91 Å². The molecule has 6 heteroatoms. The van der Waals surface area contributed by atoms with Gasteiger partial charge >= 0.3 is 0 Å². The number of hydrogen-bond acceptors (Lipinski definition) is 4. The number of halogens is 1. The zero-order valence-electron chi connectivity index (χ0n) is 14.9. The fraction of sp³-hybridized carbons (Fsp3) is 0.200. The van der Waals surface area contributed by atoms with Crippen LogP contribution in [-0.2, 0) is 10.2 Å². The molecule has 2 rings (SSSR count). The van der Waals surface area contributed by atoms with Crippen molar-refractivity contribution in [3.05, 3.63) is 64.8 Å². The first-order valence-corrected chi connectivity index (χ1v) is 8.42. The normalized spacial score (nSPS) is 11.6. The maximum atomic E-state index is 12.3. The summed E-state index contributed by atoms with van der Waals surface area (Å²) in [5, 5.41) is 15.1. The SMILES string of the molecule is CC(C)(C)c1ccc(N/C=C(/C#N)C(=O)Nc2ccc(N)cc2Cl)cc1. The van der Waals surface area contributed by atoms with Gasteiger partial charge in [-0.05, 0) is 41.3 Å². The molecule has 2 aromatic carbocycles. The number of anilines is 3. The molecular weight excluding hydrogens is 348 g/mol. The van der Waals surface area contributed by atoms with Crippen molar-refractivity contribution in [1.29, 1.82) is 5.26 Å². The Kier molecular flexibility index (Phi) is 5.91. The van der Waals surface area contributed by atoms with Crippen LogP contribution in [0.2, 0.25) is 5.02 Å². The van der Waals surface area contributed by atoms with Gasteiger partial charge in [-0.25, -0.2) is 0 Å². The van der Waals surface area contributed by atoms with Gasteiger partial charge < -0.3 is 16.4 Å². The lowest BCUT2D eigenvalue weighted by Crippen LogP contribution is -2.15. The number of carbonyl (C=O) groups is 1. The van der Waals surface area contributed by atoms with Gasteiger partial charge in [0.1, 0.15) is 11.6 Å². The van der Waals surface area contributed by atoms with Crippen LogP contribution in [0.4, 0.5) is 17.1 Å². The van der Waals surface area contributed by atoms with Crippen molar-refractivity contribution in [1.82, 2.24) is 0 Å². The van der Waals surface area contributed by atoms with E-state index >= 15 is 0 Å². The van der Waals surface area contributed by atoms with E-state index in [2.05, 4.69) is 31.4 Å². The minimum absolute atomic E-state index is 0.0599. The van der Waals surface area contributed by atoms with Gasteiger partial charge in [0.25, 0.3) is 5.91 Å². The van der Waals surface area contributed by atoms with Crippen molar-refractivity contribution in [2.75, 3.05) is 16.4 Å². The zero-order chi connectivity index (χ0) is 19.3. The Balaban J connectivity index is 2.09. The number of nitrogens with two attached hydrogens (primary N) is 1. The Hall–Kier alpha value is -2.97. The molecule has 4 N–H and O–H groups in total. The molecule has 0 unspecified atom stereocenters. The molecule has 0 heterocycles. The van der Waals surface area contributed by atoms with Crippen LogP contribution in [-0.4, -0.2) is 5.91 Å². The number of amides is 1. The number of nitrogens with one attached hydrogen (secondary N) is 2. The van der Waals surface area contributed by atoms with Crippen molar-refractivity contribution in [2.24, 2.45) is 0 Å². The molecule has 0 spiro atoms. The summed E-state index contributed by atoms with van der Waals surface area (Å²) < 4.78 is 0. The van der Waals surface area contributed by atoms with Crippen molar-refractivity contribution < 1.29 is 4.79 Å². The van der Waals surface area contributed by atoms with Crippen molar-refractivity contribution in [3.63, 3.8) is 0 Å². The first kappa shape index (κ1) is 19.4. The molecule has 0 aromatic heterocycles. The van der Waals surface area contributed by atoms with Gasteiger partial charge in [-0.3, -0.25) is 4.79 Å². The monoisotopic (exact) mass is 368 g/mol. The quantitative estimate of drug-likeness (QED) is 0.415. The van der Waals surface area contributed by atoms with Gasteiger partial charge in [0, 0.05) is 17.6 Å². The second-order valence-electron chi connectivity index (χ2n) is 6.83. The van der Waals surface area contributed by atoms with E-state index in [1.807, 2.05) is 30.3 Å². The number of nitrogen functional groups attached to an aromatic ring is 1. The van der Waals surface area contributed by atoms with E-state index in [9.17, 15) is 10.1 Å². The highest BCUT2D eigenvalue weighted by atomic mass is 35.5. The van der Waals surface area contributed by atoms with E-state index in [1.165, 1.54) is 17.8 Å². The summed E-state index contributed by atoms with van der Waals surface area (Å²) >= 11 is 6.03. The molecule has 134 valence electrons. The number of rotatable bonds is 4. The molecule has 0 aliphatic rings. The smallest absolute Gasteiger partial charge is 0.267 e. The summed E-state index contributed by atoms with van der Waals surface area (Å²) in [7, 11) is 0. The Morgan fingerprint density at radius 1 is 1.19 bits per heavy atom. The molecule has 0 atom stereocenters. The van der Waals surface area contributed by atoms with Crippen LogP contribution < -0.4 is 16.4 Å². The van der Waals surface area contributed by atoms with Crippen molar-refractivity contribution >= 4 is 34.6 Å². The highest BCUT2D eigenvalue weighted by Crippen LogP contribution is 2.25. The fourth-order valence-corrected chi connectivity index (χ4v) is 2.43. The fourth-order valence-electron chi connectivity index (χ4n) is 2.19. The summed E-state index contributed by atoms with van der Waals surface area (Å²) in [4.78, 5) is 12.3. The van der Waals surface area contributed by atoms with Crippen LogP contribution in [0.25, 0.3) is 0 Å². The lowest BCUT2D eigenvalue weighted by atomic mass is 9.87. The van der Waals surface area contributed by atoms with Crippen LogP contribution in [0.3, 0.4) is 0 Å². The number of nitriles is 1. The highest BCUT2D eigenvalue weighted by molar-refractivity contribution is 6.34. The molecule has 0 saturated heterocycles. The van der Waals surface area contributed by atoms with Gasteiger partial charge in [0.2, 0.25) is 0 Å². The van der Waals surface area contributed by atoms with Crippen LogP contribution in [0.5, 0.6) is 0 Å². The van der Waals surface area contributed by atoms with Gasteiger partial charge in [-0.1, -0.05) is 44.5 Å². The summed E-state index contributed by atoms with van der Waals surface area (Å²) in [6, 6.07) is 14.4. The highest BCUT2D eigenvalue weighted by Gasteiger charge is 2.13. The minimum Gasteiger partial charge on any atom is -0.399 e. The summed E-state index contributed by atoms with van der Waals surface area (Å²) in [5.74, 6) is -0.557. The first-order valence-electron chi connectivity index (χ1n) is 8.04. The summed E-state index contributed by atoms with van der Waals surface area (Å²) in [5.41, 5.74) is 8.47. The van der Waals surface area contributed by atoms with Crippen molar-refractivity contribution in [3.8, 4) is 6.07 Å². The third-order valence-electron chi connectivity index (χ3n) is 3.74. The largest absolute Gasteiger partial charge is 0.399 e. The van der Waals surface area contributed by atoms with Crippen molar-refractivity contribution in [2.45, 2.75) is 26.2 Å². The predicted octanol–water partition coefficient (Wildman–Crippen LogP) is 4.68. The third-order valence-corrected chi connectivity index (χ3v) is 4.05. The second kappa shape index (κ2) is 7.94. The van der Waals surface area contributed by atoms with E-state index in [1.54, 1.807) is 12.1 Å². The predicted molar refractivity (Wildman–Crippen MR) is 107 cm³/mol. The molecule has 0 aliphatic carbocycles. The molecule has 0 fully saturated rings. The van der Waals surface area contributed by atoms with Gasteiger partial charge in [-0.2, -0.15) is 5.26 Å². The van der Waals surface area contributed by atoms with Crippen LogP contribution in [0, 0.1) is 11.3 Å². The topological polar surface area (TPSA) is 90.9 Å². The number of carbonyl (C=O) groups excluding carboxylic acids is 1. The van der Waals surface area contributed by atoms with E-state index in [4.69, 9.17) is 17.3 Å². The molecule has 0 aliphatic heterocycles. The Morgan fingerprint density at radius 3 is 2.38 bits per heavy atom. The lowest BCUT2D eigenvalue weighted by molar-refractivity contribution is -0.112. The molecule has 0 saturated carbocycles. The van der Waals surface area contributed by atoms with Crippen LogP contribution in [0.1, 0.15) is 26.3 Å². The van der Waals surface area contributed by atoms with Crippen LogP contribution in [0.15, 0.2) is 54.2 Å². The van der Waals surface area contributed by atoms with E-state index in [-0.39, 0.29) is 11.0 Å². The molecule has 26 heavy (non-hydrogen) atoms. The van der Waals surface area contributed by atoms with Gasteiger partial charge in [0.05, 0.1) is 10.7 Å². The number of hydrogen-bond donors (Lipinski definition) is 3. The van der Waals surface area contributed by atoms with Gasteiger partial charge in [0.15, 0.2) is 0 Å². The van der Waals surface area contributed by atoms with Crippen LogP contribution >= 0.6 is 11.6 Å². The molecule has 1 amide bonds. The van der Waals surface area contributed by atoms with E-state index in [0.29, 0.717) is 16.4 Å².